The Kier molecular flexibility index (Phi) is 6.61. The van der Waals surface area contributed by atoms with E-state index in [2.05, 4.69) is 27.3 Å². The molecule has 148 valence electrons. The summed E-state index contributed by atoms with van der Waals surface area (Å²) in [5, 5.41) is 7.63. The highest BCUT2D eigenvalue weighted by atomic mass is 32.2. The van der Waals surface area contributed by atoms with E-state index in [9.17, 15) is 8.42 Å². The summed E-state index contributed by atoms with van der Waals surface area (Å²) in [6, 6.07) is 17.7. The topological polar surface area (TPSA) is 76.0 Å². The molecule has 0 spiro atoms. The monoisotopic (exact) mass is 398 g/mol. The van der Waals surface area contributed by atoms with Gasteiger partial charge < -0.3 is 5.32 Å². The van der Waals surface area contributed by atoms with Gasteiger partial charge in [-0.2, -0.15) is 5.10 Å². The van der Waals surface area contributed by atoms with Gasteiger partial charge in [0.1, 0.15) is 0 Å². The Morgan fingerprint density at radius 3 is 2.04 bits per heavy atom. The van der Waals surface area contributed by atoms with Crippen molar-refractivity contribution in [3.8, 4) is 5.69 Å². The number of hydrogen-bond donors (Lipinski definition) is 2. The van der Waals surface area contributed by atoms with Crippen molar-refractivity contribution >= 4 is 10.0 Å². The van der Waals surface area contributed by atoms with Crippen molar-refractivity contribution in [3.63, 3.8) is 0 Å². The third kappa shape index (κ3) is 6.02. The molecule has 3 aromatic rings. The molecule has 0 atom stereocenters. The molecule has 2 N–H and O–H groups in total. The van der Waals surface area contributed by atoms with E-state index < -0.39 is 10.0 Å². The summed E-state index contributed by atoms with van der Waals surface area (Å²) in [4.78, 5) is 0. The van der Waals surface area contributed by atoms with Crippen LogP contribution in [0.3, 0.4) is 0 Å². The van der Waals surface area contributed by atoms with Crippen LogP contribution in [0.5, 0.6) is 0 Å². The molecule has 0 aliphatic rings. The van der Waals surface area contributed by atoms with E-state index in [0.717, 1.165) is 29.9 Å². The van der Waals surface area contributed by atoms with Gasteiger partial charge in [0.2, 0.25) is 10.0 Å². The third-order valence-electron chi connectivity index (χ3n) is 4.16. The zero-order chi connectivity index (χ0) is 20.0. The molecule has 28 heavy (non-hydrogen) atoms. The minimum absolute atomic E-state index is 0.00148. The molecule has 1 heterocycles. The Labute approximate surface area is 166 Å². The Balaban J connectivity index is 1.48. The first-order valence-electron chi connectivity index (χ1n) is 9.29. The Morgan fingerprint density at radius 2 is 1.50 bits per heavy atom. The molecule has 0 amide bonds. The molecule has 0 unspecified atom stereocenters. The predicted octanol–water partition coefficient (Wildman–Crippen LogP) is 2.99. The van der Waals surface area contributed by atoms with Crippen molar-refractivity contribution in [1.82, 2.24) is 19.8 Å². The molecular formula is C21H26N4O2S. The molecule has 0 fully saturated rings. The first-order chi connectivity index (χ1) is 13.4. The smallest absolute Gasteiger partial charge is 0.216 e. The van der Waals surface area contributed by atoms with Crippen LogP contribution in [0.15, 0.2) is 67.0 Å². The van der Waals surface area contributed by atoms with Gasteiger partial charge in [-0.25, -0.2) is 17.8 Å². The number of sulfonamides is 1. The molecule has 1 aromatic heterocycles. The van der Waals surface area contributed by atoms with Gasteiger partial charge in [-0.1, -0.05) is 36.4 Å². The van der Waals surface area contributed by atoms with Crippen molar-refractivity contribution in [2.24, 2.45) is 0 Å². The van der Waals surface area contributed by atoms with Crippen LogP contribution in [0, 0.1) is 0 Å². The quantitative estimate of drug-likeness (QED) is 0.581. The lowest BCUT2D eigenvalue weighted by atomic mass is 10.1. The van der Waals surface area contributed by atoms with Gasteiger partial charge in [0.05, 0.1) is 11.4 Å². The lowest BCUT2D eigenvalue weighted by Gasteiger charge is -2.10. The average Bonchev–Trinajstić information content (AvgIpc) is 3.17. The standard InChI is InChI=1S/C21H26N4O2S/c1-17(2)24-28(26,27)16-20-6-4-18(5-7-20)14-22-15-19-8-10-21(11-9-19)25-13-3-12-23-25/h3-13,17,22,24H,14-16H2,1-2H3. The lowest BCUT2D eigenvalue weighted by molar-refractivity contribution is 0.569. The van der Waals surface area contributed by atoms with Crippen LogP contribution in [0.1, 0.15) is 30.5 Å². The van der Waals surface area contributed by atoms with E-state index in [0.29, 0.717) is 0 Å². The Morgan fingerprint density at radius 1 is 0.929 bits per heavy atom. The summed E-state index contributed by atoms with van der Waals surface area (Å²) in [6.45, 7) is 5.11. The fourth-order valence-electron chi connectivity index (χ4n) is 2.91. The van der Waals surface area contributed by atoms with E-state index in [1.807, 2.05) is 67.2 Å². The van der Waals surface area contributed by atoms with Gasteiger partial charge in [-0.15, -0.1) is 0 Å². The molecule has 0 bridgehead atoms. The van der Waals surface area contributed by atoms with Crippen LogP contribution in [-0.2, 0) is 28.9 Å². The number of benzene rings is 2. The van der Waals surface area contributed by atoms with Crippen molar-refractivity contribution in [2.45, 2.75) is 38.7 Å². The highest BCUT2D eigenvalue weighted by Gasteiger charge is 2.12. The molecule has 0 saturated heterocycles. The van der Waals surface area contributed by atoms with Crippen LogP contribution in [-0.4, -0.2) is 24.2 Å². The van der Waals surface area contributed by atoms with E-state index in [-0.39, 0.29) is 11.8 Å². The fourth-order valence-corrected chi connectivity index (χ4v) is 4.35. The van der Waals surface area contributed by atoms with Gasteiger partial charge in [0.15, 0.2) is 0 Å². The van der Waals surface area contributed by atoms with Crippen LogP contribution in [0.4, 0.5) is 0 Å². The predicted molar refractivity (Wildman–Crippen MR) is 111 cm³/mol. The first-order valence-corrected chi connectivity index (χ1v) is 10.9. The maximum absolute atomic E-state index is 12.0. The second kappa shape index (κ2) is 9.14. The molecule has 0 saturated carbocycles. The van der Waals surface area contributed by atoms with Crippen molar-refractivity contribution in [2.75, 3.05) is 0 Å². The largest absolute Gasteiger partial charge is 0.309 e. The summed E-state index contributed by atoms with van der Waals surface area (Å²) in [7, 11) is -3.29. The number of hydrogen-bond acceptors (Lipinski definition) is 4. The fraction of sp³-hybridized carbons (Fsp3) is 0.286. The van der Waals surface area contributed by atoms with Gasteiger partial charge in [0, 0.05) is 31.5 Å². The maximum Gasteiger partial charge on any atom is 0.216 e. The van der Waals surface area contributed by atoms with Crippen LogP contribution in [0.25, 0.3) is 5.69 Å². The molecule has 2 aromatic carbocycles. The SMILES string of the molecule is CC(C)NS(=O)(=O)Cc1ccc(CNCc2ccc(-n3cccn3)cc2)cc1. The van der Waals surface area contributed by atoms with Crippen molar-refractivity contribution < 1.29 is 8.42 Å². The van der Waals surface area contributed by atoms with Crippen molar-refractivity contribution in [3.05, 3.63) is 83.7 Å². The Hall–Kier alpha value is -2.48. The minimum Gasteiger partial charge on any atom is -0.309 e. The van der Waals surface area contributed by atoms with E-state index in [4.69, 9.17) is 0 Å². The molecular weight excluding hydrogens is 372 g/mol. The first kappa shape index (κ1) is 20.3. The third-order valence-corrected chi connectivity index (χ3v) is 5.70. The summed E-state index contributed by atoms with van der Waals surface area (Å²) in [5.74, 6) is 0.00148. The van der Waals surface area contributed by atoms with E-state index >= 15 is 0 Å². The normalized spacial score (nSPS) is 11.8. The van der Waals surface area contributed by atoms with E-state index in [1.165, 1.54) is 5.56 Å². The van der Waals surface area contributed by atoms with Crippen LogP contribution < -0.4 is 10.0 Å². The highest BCUT2D eigenvalue weighted by molar-refractivity contribution is 7.88. The zero-order valence-electron chi connectivity index (χ0n) is 16.2. The number of aromatic nitrogens is 2. The van der Waals surface area contributed by atoms with Gasteiger partial charge in [-0.3, -0.25) is 0 Å². The van der Waals surface area contributed by atoms with Gasteiger partial charge in [-0.05, 0) is 48.7 Å². The number of nitrogens with zero attached hydrogens (tertiary/aromatic N) is 2. The summed E-state index contributed by atoms with van der Waals surface area (Å²) in [6.07, 6.45) is 3.68. The molecule has 0 radical (unpaired) electrons. The van der Waals surface area contributed by atoms with Crippen LogP contribution >= 0.6 is 0 Å². The average molecular weight is 399 g/mol. The lowest BCUT2D eigenvalue weighted by Crippen LogP contribution is -2.31. The zero-order valence-corrected chi connectivity index (χ0v) is 17.0. The number of nitrogens with one attached hydrogen (secondary N) is 2. The van der Waals surface area contributed by atoms with Gasteiger partial charge in [0.25, 0.3) is 0 Å². The van der Waals surface area contributed by atoms with E-state index in [1.54, 1.807) is 6.20 Å². The molecule has 6 nitrogen and oxygen atoms in total. The molecule has 0 aliphatic carbocycles. The highest BCUT2D eigenvalue weighted by Crippen LogP contribution is 2.10. The Bertz CT molecular complexity index is 964. The summed E-state index contributed by atoms with van der Waals surface area (Å²) in [5.41, 5.74) is 4.13. The second-order valence-electron chi connectivity index (χ2n) is 7.07. The maximum atomic E-state index is 12.0. The molecule has 7 heteroatoms. The summed E-state index contributed by atoms with van der Waals surface area (Å²) >= 11 is 0. The molecule has 0 aliphatic heterocycles. The minimum atomic E-state index is -3.29. The van der Waals surface area contributed by atoms with Crippen molar-refractivity contribution in [1.29, 1.82) is 0 Å². The number of rotatable bonds is 9. The summed E-state index contributed by atoms with van der Waals surface area (Å²) < 4.78 is 28.4. The second-order valence-corrected chi connectivity index (χ2v) is 8.82. The van der Waals surface area contributed by atoms with Gasteiger partial charge >= 0.3 is 0 Å². The van der Waals surface area contributed by atoms with Crippen LogP contribution in [0.2, 0.25) is 0 Å². The molecule has 3 rings (SSSR count).